The summed E-state index contributed by atoms with van der Waals surface area (Å²) in [5.41, 5.74) is 1.27. The van der Waals surface area contributed by atoms with Gasteiger partial charge in [0.15, 0.2) is 6.23 Å². The summed E-state index contributed by atoms with van der Waals surface area (Å²) in [4.78, 5) is 37.8. The summed E-state index contributed by atoms with van der Waals surface area (Å²) < 4.78 is 64.4. The third kappa shape index (κ3) is 6.80. The van der Waals surface area contributed by atoms with E-state index in [2.05, 4.69) is 5.09 Å². The maximum absolute atomic E-state index is 14.2. The van der Waals surface area contributed by atoms with Crippen LogP contribution in [0.3, 0.4) is 0 Å². The summed E-state index contributed by atoms with van der Waals surface area (Å²) in [6.45, 7) is 4.47. The first-order valence-corrected chi connectivity index (χ1v) is 13.5. The lowest BCUT2D eigenvalue weighted by Gasteiger charge is -2.31. The number of aliphatic hydroxyl groups is 1. The van der Waals surface area contributed by atoms with E-state index in [1.807, 2.05) is 0 Å². The molecule has 16 heteroatoms. The number of aromatic nitrogens is 2. The Morgan fingerprint density at radius 3 is 2.51 bits per heavy atom. The number of ether oxygens (including phenoxy) is 2. The molecular weight excluding hydrogens is 545 g/mol. The van der Waals surface area contributed by atoms with Crippen molar-refractivity contribution >= 4 is 13.7 Å². The van der Waals surface area contributed by atoms with Crippen LogP contribution in [0.4, 0.5) is 8.78 Å². The normalized spacial score (nSPS) is 26.1. The number of aromatic amines is 1. The SMILES string of the molecule is CC(C)OC(=O)[C@H](C)N[P@@](=O)(Oc1ccccc1)O[C@@H](C)[C@H]1O[C@@H](n2cc(F)c(=O)[nH]c2=O)[C@@](N)(CF)C1O. The van der Waals surface area contributed by atoms with E-state index < -0.39 is 79.7 Å². The van der Waals surface area contributed by atoms with Crippen LogP contribution in [-0.4, -0.2) is 63.3 Å². The van der Waals surface area contributed by atoms with E-state index in [4.69, 9.17) is 24.3 Å². The minimum absolute atomic E-state index is 0.0999. The fourth-order valence-corrected chi connectivity index (χ4v) is 5.57. The van der Waals surface area contributed by atoms with E-state index in [0.717, 1.165) is 0 Å². The molecule has 0 aliphatic carbocycles. The molecule has 1 saturated heterocycles. The van der Waals surface area contributed by atoms with Gasteiger partial charge in [-0.1, -0.05) is 18.2 Å². The molecule has 7 atom stereocenters. The zero-order valence-corrected chi connectivity index (χ0v) is 22.5. The predicted molar refractivity (Wildman–Crippen MR) is 133 cm³/mol. The monoisotopic (exact) mass is 576 g/mol. The first kappa shape index (κ1) is 30.6. The maximum atomic E-state index is 14.2. The minimum atomic E-state index is -4.45. The van der Waals surface area contributed by atoms with Crippen LogP contribution in [0.5, 0.6) is 5.75 Å². The van der Waals surface area contributed by atoms with Gasteiger partial charge in [0, 0.05) is 0 Å². The Kier molecular flexibility index (Phi) is 9.47. The molecule has 13 nitrogen and oxygen atoms in total. The Balaban J connectivity index is 1.91. The number of aliphatic hydroxyl groups excluding tert-OH is 1. The summed E-state index contributed by atoms with van der Waals surface area (Å²) in [5.74, 6) is -2.04. The summed E-state index contributed by atoms with van der Waals surface area (Å²) in [6, 6.07) is 6.64. The second-order valence-electron chi connectivity index (χ2n) is 9.34. The molecule has 0 saturated carbocycles. The van der Waals surface area contributed by atoms with Gasteiger partial charge in [-0.3, -0.25) is 23.7 Å². The highest BCUT2D eigenvalue weighted by molar-refractivity contribution is 7.52. The number of hydrogen-bond acceptors (Lipinski definition) is 10. The van der Waals surface area contributed by atoms with Crippen molar-refractivity contribution in [3.8, 4) is 5.75 Å². The van der Waals surface area contributed by atoms with Gasteiger partial charge in [0.25, 0.3) is 5.56 Å². The number of carbonyl (C=O) groups excluding carboxylic acids is 1. The van der Waals surface area contributed by atoms with Crippen LogP contribution in [0.25, 0.3) is 0 Å². The molecule has 2 aromatic rings. The average molecular weight is 576 g/mol. The van der Waals surface area contributed by atoms with E-state index in [9.17, 15) is 32.8 Å². The highest BCUT2D eigenvalue weighted by Crippen LogP contribution is 2.48. The highest BCUT2D eigenvalue weighted by atomic mass is 31.2. The Labute approximate surface area is 221 Å². The molecule has 0 radical (unpaired) electrons. The van der Waals surface area contributed by atoms with Crippen molar-refractivity contribution in [1.29, 1.82) is 0 Å². The summed E-state index contributed by atoms with van der Waals surface area (Å²) in [5, 5.41) is 13.4. The van der Waals surface area contributed by atoms with E-state index in [1.54, 1.807) is 37.0 Å². The van der Waals surface area contributed by atoms with Gasteiger partial charge in [-0.25, -0.2) is 13.8 Å². The van der Waals surface area contributed by atoms with Crippen molar-refractivity contribution in [2.24, 2.45) is 5.73 Å². The van der Waals surface area contributed by atoms with Crippen molar-refractivity contribution in [3.63, 3.8) is 0 Å². The highest BCUT2D eigenvalue weighted by Gasteiger charge is 2.58. The van der Waals surface area contributed by atoms with Crippen LogP contribution in [-0.2, 0) is 23.4 Å². The number of carbonyl (C=O) groups is 1. The number of halogens is 2. The number of benzene rings is 1. The van der Waals surface area contributed by atoms with Gasteiger partial charge < -0.3 is 24.8 Å². The topological polar surface area (TPSA) is 184 Å². The summed E-state index contributed by atoms with van der Waals surface area (Å²) in [7, 11) is -4.45. The van der Waals surface area contributed by atoms with Gasteiger partial charge in [-0.2, -0.15) is 9.48 Å². The maximum Gasteiger partial charge on any atom is 0.459 e. The zero-order valence-electron chi connectivity index (χ0n) is 21.6. The third-order valence-electron chi connectivity index (χ3n) is 5.81. The number of rotatable bonds is 11. The lowest BCUT2D eigenvalue weighted by Crippen LogP contribution is -2.58. The number of nitrogens with zero attached hydrogens (tertiary/aromatic N) is 1. The molecule has 0 spiro atoms. The molecule has 1 aromatic heterocycles. The van der Waals surface area contributed by atoms with Gasteiger partial charge >= 0.3 is 19.4 Å². The molecule has 3 rings (SSSR count). The van der Waals surface area contributed by atoms with Crippen LogP contribution in [0.15, 0.2) is 46.1 Å². The Bertz CT molecular complexity index is 1320. The fourth-order valence-electron chi connectivity index (χ4n) is 3.88. The van der Waals surface area contributed by atoms with Gasteiger partial charge in [0.2, 0.25) is 5.82 Å². The Morgan fingerprint density at radius 2 is 1.92 bits per heavy atom. The van der Waals surface area contributed by atoms with E-state index in [0.29, 0.717) is 10.8 Å². The molecule has 1 fully saturated rings. The van der Waals surface area contributed by atoms with Crippen molar-refractivity contribution in [2.75, 3.05) is 6.67 Å². The number of hydrogen-bond donors (Lipinski definition) is 4. The second kappa shape index (κ2) is 12.1. The van der Waals surface area contributed by atoms with E-state index >= 15 is 0 Å². The van der Waals surface area contributed by atoms with Crippen LogP contribution in [0, 0.1) is 5.82 Å². The van der Waals surface area contributed by atoms with Crippen molar-refractivity contribution in [3.05, 3.63) is 63.2 Å². The lowest BCUT2D eigenvalue weighted by atomic mass is 9.91. The molecule has 0 amide bonds. The van der Waals surface area contributed by atoms with Crippen LogP contribution in [0.2, 0.25) is 0 Å². The van der Waals surface area contributed by atoms with Gasteiger partial charge in [-0.15, -0.1) is 0 Å². The minimum Gasteiger partial charge on any atom is -0.462 e. The molecule has 1 aliphatic rings. The molecule has 1 unspecified atom stereocenters. The summed E-state index contributed by atoms with van der Waals surface area (Å²) >= 11 is 0. The van der Waals surface area contributed by atoms with Crippen molar-refractivity contribution in [2.45, 2.75) is 69.9 Å². The van der Waals surface area contributed by atoms with Crippen molar-refractivity contribution < 1.29 is 41.8 Å². The summed E-state index contributed by atoms with van der Waals surface area (Å²) in [6.07, 6.45) is -6.58. The first-order valence-electron chi connectivity index (χ1n) is 11.9. The van der Waals surface area contributed by atoms with E-state index in [1.165, 1.54) is 26.0 Å². The largest absolute Gasteiger partial charge is 0.462 e. The van der Waals surface area contributed by atoms with Gasteiger partial charge in [0.05, 0.1) is 18.4 Å². The zero-order chi connectivity index (χ0) is 29.1. The molecule has 1 aliphatic heterocycles. The van der Waals surface area contributed by atoms with Gasteiger partial charge in [0.1, 0.15) is 36.2 Å². The number of para-hydroxylation sites is 1. The third-order valence-corrected chi connectivity index (χ3v) is 7.57. The number of nitrogens with one attached hydrogen (secondary N) is 2. The molecule has 2 heterocycles. The molecule has 0 bridgehead atoms. The van der Waals surface area contributed by atoms with Crippen molar-refractivity contribution in [1.82, 2.24) is 14.6 Å². The molecule has 1 aromatic carbocycles. The smallest absolute Gasteiger partial charge is 0.459 e. The Morgan fingerprint density at radius 1 is 1.28 bits per heavy atom. The second-order valence-corrected chi connectivity index (χ2v) is 11.0. The van der Waals surface area contributed by atoms with E-state index in [-0.39, 0.29) is 5.75 Å². The number of esters is 1. The first-order chi connectivity index (χ1) is 18.2. The lowest BCUT2D eigenvalue weighted by molar-refractivity contribution is -0.149. The molecular formula is C23H31F2N4O9P. The molecule has 39 heavy (non-hydrogen) atoms. The average Bonchev–Trinajstić information content (AvgIpc) is 3.12. The number of nitrogens with two attached hydrogens (primary N) is 1. The number of alkyl halides is 1. The van der Waals surface area contributed by atoms with Gasteiger partial charge in [-0.05, 0) is 39.8 Å². The fraction of sp³-hybridized carbons (Fsp3) is 0.522. The molecule has 216 valence electrons. The van der Waals surface area contributed by atoms with Crippen LogP contribution >= 0.6 is 7.75 Å². The standard InChI is InChI=1S/C23H31F2N4O9P/c1-12(2)35-20(32)13(3)28-39(34,38-15-8-6-5-7-9-15)37-14(4)17-18(30)23(26,11-24)21(36-17)29-10-16(25)19(31)27-22(29)33/h5-10,12-14,17-18,21,30H,11,26H2,1-4H3,(H,28,34)(H,27,31,33)/t13-,14-,17+,18?,21+,23+,39-/m0/s1. The Hall–Kier alpha value is -2.94. The molecule has 5 N–H and O–H groups in total. The predicted octanol–water partition coefficient (Wildman–Crippen LogP) is 1.12. The van der Waals surface area contributed by atoms with Crippen LogP contribution in [0.1, 0.15) is 33.9 Å². The van der Waals surface area contributed by atoms with Crippen LogP contribution < -0.4 is 26.6 Å². The quantitative estimate of drug-likeness (QED) is 0.222. The number of H-pyrrole nitrogens is 1.